The summed E-state index contributed by atoms with van der Waals surface area (Å²) < 4.78 is 0. The van der Waals surface area contributed by atoms with Crippen LogP contribution in [0.2, 0.25) is 0 Å². The molecule has 1 aromatic rings. The molecule has 23 heavy (non-hydrogen) atoms. The van der Waals surface area contributed by atoms with Gasteiger partial charge < -0.3 is 10.6 Å². The molecule has 2 aliphatic rings. The second kappa shape index (κ2) is 9.68. The predicted octanol–water partition coefficient (Wildman–Crippen LogP) is 2.20. The van der Waals surface area contributed by atoms with Crippen LogP contribution in [0, 0.1) is 0 Å². The first kappa shape index (κ1) is 18.8. The lowest BCUT2D eigenvalue weighted by Gasteiger charge is -2.29. The third-order valence-electron chi connectivity index (χ3n) is 4.41. The molecule has 1 unspecified atom stereocenters. The molecule has 3 heterocycles. The number of aliphatic imine (C=N–C) groups is 1. The van der Waals surface area contributed by atoms with E-state index in [0.717, 1.165) is 44.2 Å². The van der Waals surface area contributed by atoms with Gasteiger partial charge >= 0.3 is 0 Å². The van der Waals surface area contributed by atoms with Crippen molar-refractivity contribution in [2.75, 3.05) is 44.2 Å². The van der Waals surface area contributed by atoms with Gasteiger partial charge in [0.25, 0.3) is 0 Å². The molecule has 2 saturated heterocycles. The van der Waals surface area contributed by atoms with Crippen molar-refractivity contribution in [1.82, 2.24) is 14.8 Å². The van der Waals surface area contributed by atoms with Crippen molar-refractivity contribution in [3.05, 3.63) is 30.1 Å². The monoisotopic (exact) mass is 447 g/mol. The van der Waals surface area contributed by atoms with Crippen molar-refractivity contribution in [2.45, 2.75) is 18.9 Å². The summed E-state index contributed by atoms with van der Waals surface area (Å²) in [5.41, 5.74) is 7.45. The molecule has 2 fully saturated rings. The second-order valence-electron chi connectivity index (χ2n) is 5.84. The van der Waals surface area contributed by atoms with Crippen LogP contribution >= 0.6 is 35.7 Å². The molecule has 2 aliphatic heterocycles. The Morgan fingerprint density at radius 2 is 2.00 bits per heavy atom. The van der Waals surface area contributed by atoms with E-state index >= 15 is 0 Å². The summed E-state index contributed by atoms with van der Waals surface area (Å²) in [6.45, 7) is 5.05. The maximum Gasteiger partial charge on any atom is 0.191 e. The van der Waals surface area contributed by atoms with Gasteiger partial charge in [-0.3, -0.25) is 14.9 Å². The molecule has 3 rings (SSSR count). The Morgan fingerprint density at radius 3 is 2.65 bits per heavy atom. The van der Waals surface area contributed by atoms with Crippen molar-refractivity contribution in [2.24, 2.45) is 10.7 Å². The number of nitrogens with zero attached hydrogens (tertiary/aromatic N) is 4. The molecule has 1 atom stereocenters. The number of likely N-dealkylation sites (tertiary alicyclic amines) is 1. The number of aromatic nitrogens is 1. The largest absolute Gasteiger partial charge is 0.370 e. The Bertz CT molecular complexity index is 487. The van der Waals surface area contributed by atoms with E-state index in [4.69, 9.17) is 10.7 Å². The molecular formula is C16H26IN5S. The smallest absolute Gasteiger partial charge is 0.191 e. The minimum absolute atomic E-state index is 0. The molecule has 2 N–H and O–H groups in total. The molecule has 0 amide bonds. The van der Waals surface area contributed by atoms with Crippen LogP contribution in [0.3, 0.4) is 0 Å². The molecule has 0 bridgehead atoms. The van der Waals surface area contributed by atoms with E-state index in [1.54, 1.807) is 0 Å². The first-order valence-corrected chi connectivity index (χ1v) is 9.26. The maximum atomic E-state index is 6.21. The van der Waals surface area contributed by atoms with Gasteiger partial charge in [-0.2, -0.15) is 11.8 Å². The van der Waals surface area contributed by atoms with E-state index in [0.29, 0.717) is 12.0 Å². The fourth-order valence-corrected chi connectivity index (χ4v) is 4.03. The highest BCUT2D eigenvalue weighted by Crippen LogP contribution is 2.25. The fraction of sp³-hybridized carbons (Fsp3) is 0.625. The molecule has 0 aliphatic carbocycles. The number of hydrogen-bond acceptors (Lipinski definition) is 4. The van der Waals surface area contributed by atoms with Gasteiger partial charge in [-0.25, -0.2) is 0 Å². The normalized spacial score (nSPS) is 21.0. The highest BCUT2D eigenvalue weighted by Gasteiger charge is 2.23. The van der Waals surface area contributed by atoms with Crippen molar-refractivity contribution in [1.29, 1.82) is 0 Å². The van der Waals surface area contributed by atoms with Gasteiger partial charge in [-0.05, 0) is 37.6 Å². The predicted molar refractivity (Wildman–Crippen MR) is 109 cm³/mol. The van der Waals surface area contributed by atoms with Gasteiger partial charge in [0.2, 0.25) is 0 Å². The first-order valence-electron chi connectivity index (χ1n) is 8.11. The van der Waals surface area contributed by atoms with Crippen molar-refractivity contribution >= 4 is 41.7 Å². The third kappa shape index (κ3) is 5.22. The van der Waals surface area contributed by atoms with Crippen LogP contribution in [0.5, 0.6) is 0 Å². The van der Waals surface area contributed by atoms with Gasteiger partial charge in [0.15, 0.2) is 5.96 Å². The summed E-state index contributed by atoms with van der Waals surface area (Å²) >= 11 is 1.99. The summed E-state index contributed by atoms with van der Waals surface area (Å²) in [6.07, 6.45) is 6.35. The fourth-order valence-electron chi connectivity index (χ4n) is 3.13. The quantitative estimate of drug-likeness (QED) is 0.436. The van der Waals surface area contributed by atoms with Crippen molar-refractivity contribution in [3.63, 3.8) is 0 Å². The summed E-state index contributed by atoms with van der Waals surface area (Å²) in [5, 5.41) is 0. The molecule has 0 aromatic carbocycles. The van der Waals surface area contributed by atoms with Crippen LogP contribution in [0.25, 0.3) is 0 Å². The van der Waals surface area contributed by atoms with Crippen LogP contribution in [0.4, 0.5) is 0 Å². The minimum Gasteiger partial charge on any atom is -0.370 e. The Labute approximate surface area is 160 Å². The molecule has 128 valence electrons. The molecular weight excluding hydrogens is 421 g/mol. The molecule has 0 spiro atoms. The standard InChI is InChI=1S/C16H25N5S.HI/c17-16(21-8-10-22-11-9-21)19-13-15(20-6-1-2-7-20)14-4-3-5-18-12-14;/h3-5,12,15H,1-2,6-11,13H2,(H2,17,19);1H. The Morgan fingerprint density at radius 1 is 1.26 bits per heavy atom. The SMILES string of the molecule is I.NC(=NCC(c1cccnc1)N1CCCC1)N1CCSCC1. The van der Waals surface area contributed by atoms with E-state index in [9.17, 15) is 0 Å². The third-order valence-corrected chi connectivity index (χ3v) is 5.35. The minimum atomic E-state index is 0. The zero-order chi connectivity index (χ0) is 15.2. The number of thioether (sulfide) groups is 1. The summed E-state index contributed by atoms with van der Waals surface area (Å²) in [6, 6.07) is 4.46. The zero-order valence-electron chi connectivity index (χ0n) is 13.4. The van der Waals surface area contributed by atoms with Gasteiger partial charge in [0.05, 0.1) is 12.6 Å². The lowest BCUT2D eigenvalue weighted by Crippen LogP contribution is -2.43. The second-order valence-corrected chi connectivity index (χ2v) is 7.07. The molecule has 0 radical (unpaired) electrons. The van der Waals surface area contributed by atoms with E-state index < -0.39 is 0 Å². The lowest BCUT2D eigenvalue weighted by molar-refractivity contribution is 0.250. The summed E-state index contributed by atoms with van der Waals surface area (Å²) in [7, 11) is 0. The van der Waals surface area contributed by atoms with Gasteiger partial charge in [-0.15, -0.1) is 24.0 Å². The Balaban J connectivity index is 0.00000192. The maximum absolute atomic E-state index is 6.21. The zero-order valence-corrected chi connectivity index (χ0v) is 16.6. The van der Waals surface area contributed by atoms with Crippen LogP contribution in [-0.4, -0.2) is 65.0 Å². The average Bonchev–Trinajstić information content (AvgIpc) is 3.11. The van der Waals surface area contributed by atoms with Crippen molar-refractivity contribution < 1.29 is 0 Å². The van der Waals surface area contributed by atoms with Crippen molar-refractivity contribution in [3.8, 4) is 0 Å². The van der Waals surface area contributed by atoms with Gasteiger partial charge in [0.1, 0.15) is 0 Å². The van der Waals surface area contributed by atoms with E-state index in [1.165, 1.54) is 18.4 Å². The highest BCUT2D eigenvalue weighted by molar-refractivity contribution is 14.0. The number of guanidine groups is 1. The lowest BCUT2D eigenvalue weighted by atomic mass is 10.1. The number of rotatable bonds is 4. The number of nitrogens with two attached hydrogens (primary N) is 1. The van der Waals surface area contributed by atoms with Crippen LogP contribution in [0.1, 0.15) is 24.4 Å². The molecule has 1 aromatic heterocycles. The summed E-state index contributed by atoms with van der Waals surface area (Å²) in [4.78, 5) is 13.7. The summed E-state index contributed by atoms with van der Waals surface area (Å²) in [5.74, 6) is 3.00. The van der Waals surface area contributed by atoms with E-state index in [1.807, 2.05) is 30.2 Å². The van der Waals surface area contributed by atoms with E-state index in [2.05, 4.69) is 20.9 Å². The van der Waals surface area contributed by atoms with Crippen LogP contribution in [0.15, 0.2) is 29.5 Å². The molecule has 5 nitrogen and oxygen atoms in total. The molecule has 0 saturated carbocycles. The van der Waals surface area contributed by atoms with Crippen LogP contribution < -0.4 is 5.73 Å². The average molecular weight is 447 g/mol. The molecule has 7 heteroatoms. The number of pyridine rings is 1. The van der Waals surface area contributed by atoms with E-state index in [-0.39, 0.29) is 24.0 Å². The first-order chi connectivity index (χ1) is 10.8. The Hall–Kier alpha value is -0.540. The number of halogens is 1. The highest BCUT2D eigenvalue weighted by atomic mass is 127. The topological polar surface area (TPSA) is 57.8 Å². The van der Waals surface area contributed by atoms with Gasteiger partial charge in [0, 0.05) is 37.0 Å². The van der Waals surface area contributed by atoms with Crippen LogP contribution in [-0.2, 0) is 0 Å². The van der Waals surface area contributed by atoms with Gasteiger partial charge in [-0.1, -0.05) is 6.07 Å². The number of hydrogen-bond donors (Lipinski definition) is 1. The Kier molecular flexibility index (Phi) is 7.91.